The molecule has 1 atom stereocenters. The summed E-state index contributed by atoms with van der Waals surface area (Å²) >= 11 is 1.89. The molecule has 1 aliphatic rings. The van der Waals surface area contributed by atoms with Crippen LogP contribution in [0.25, 0.3) is 10.4 Å². The van der Waals surface area contributed by atoms with E-state index in [4.69, 9.17) is 10.3 Å². The first kappa shape index (κ1) is 10.7. The summed E-state index contributed by atoms with van der Waals surface area (Å²) in [7, 11) is 0. The molecule has 1 rings (SSSR count). The van der Waals surface area contributed by atoms with Crippen molar-refractivity contribution in [2.24, 2.45) is 5.11 Å². The molecule has 13 heavy (non-hydrogen) atoms. The molecular formula is C8H15N3OS. The minimum Gasteiger partial charge on any atom is -0.377 e. The lowest BCUT2D eigenvalue weighted by atomic mass is 10.3. The molecule has 4 nitrogen and oxygen atoms in total. The van der Waals surface area contributed by atoms with Crippen LogP contribution in [0.1, 0.15) is 19.3 Å². The predicted octanol–water partition coefficient (Wildman–Crippen LogP) is 2.60. The van der Waals surface area contributed by atoms with Crippen molar-refractivity contribution in [3.05, 3.63) is 10.4 Å². The van der Waals surface area contributed by atoms with E-state index in [-0.39, 0.29) is 0 Å². The van der Waals surface area contributed by atoms with Crippen LogP contribution >= 0.6 is 11.8 Å². The lowest BCUT2D eigenvalue weighted by molar-refractivity contribution is 0.129. The van der Waals surface area contributed by atoms with E-state index in [1.807, 2.05) is 11.8 Å². The maximum absolute atomic E-state index is 8.03. The Hall–Kier alpha value is -0.380. The second kappa shape index (κ2) is 7.06. The first-order valence-electron chi connectivity index (χ1n) is 4.63. The van der Waals surface area contributed by atoms with E-state index in [2.05, 4.69) is 10.0 Å². The highest BCUT2D eigenvalue weighted by Gasteiger charge is 2.14. The summed E-state index contributed by atoms with van der Waals surface area (Å²) in [5, 5.41) is 3.48. The van der Waals surface area contributed by atoms with Gasteiger partial charge in [0.1, 0.15) is 0 Å². The van der Waals surface area contributed by atoms with Crippen LogP contribution in [-0.2, 0) is 4.74 Å². The molecule has 74 valence electrons. The fraction of sp³-hybridized carbons (Fsp3) is 1.00. The third-order valence-electron chi connectivity index (χ3n) is 1.94. The normalized spacial score (nSPS) is 21.4. The summed E-state index contributed by atoms with van der Waals surface area (Å²) in [6, 6.07) is 0. The molecule has 0 saturated carbocycles. The van der Waals surface area contributed by atoms with Crippen LogP contribution in [0.3, 0.4) is 0 Å². The third-order valence-corrected chi connectivity index (χ3v) is 3.12. The largest absolute Gasteiger partial charge is 0.377 e. The number of ether oxygens (including phenoxy) is 1. The van der Waals surface area contributed by atoms with Crippen LogP contribution in [0.15, 0.2) is 5.11 Å². The Kier molecular flexibility index (Phi) is 5.81. The Bertz CT molecular complexity index is 176. The van der Waals surface area contributed by atoms with Crippen LogP contribution in [0.5, 0.6) is 0 Å². The Morgan fingerprint density at radius 2 is 2.54 bits per heavy atom. The molecule has 0 amide bonds. The van der Waals surface area contributed by atoms with E-state index in [0.717, 1.165) is 24.5 Å². The van der Waals surface area contributed by atoms with Crippen LogP contribution in [0, 0.1) is 0 Å². The van der Waals surface area contributed by atoms with E-state index >= 15 is 0 Å². The monoisotopic (exact) mass is 201 g/mol. The highest BCUT2D eigenvalue weighted by molar-refractivity contribution is 7.99. The minimum atomic E-state index is 0.476. The molecule has 0 aliphatic carbocycles. The number of hydrogen-bond donors (Lipinski definition) is 0. The lowest BCUT2D eigenvalue weighted by Crippen LogP contribution is -2.08. The summed E-state index contributed by atoms with van der Waals surface area (Å²) < 4.78 is 5.48. The van der Waals surface area contributed by atoms with Crippen LogP contribution in [0.2, 0.25) is 0 Å². The molecular weight excluding hydrogens is 186 g/mol. The number of rotatable bonds is 6. The van der Waals surface area contributed by atoms with Crippen molar-refractivity contribution in [3.8, 4) is 0 Å². The molecule has 1 saturated heterocycles. The van der Waals surface area contributed by atoms with Crippen molar-refractivity contribution in [2.45, 2.75) is 25.4 Å². The SMILES string of the molecule is [N-]=[N+]=NCCCSCC1CCCO1. The van der Waals surface area contributed by atoms with Crippen molar-refractivity contribution in [3.63, 3.8) is 0 Å². The molecule has 1 unspecified atom stereocenters. The zero-order chi connectivity index (χ0) is 9.36. The second-order valence-corrected chi connectivity index (χ2v) is 4.17. The molecule has 0 spiro atoms. The summed E-state index contributed by atoms with van der Waals surface area (Å²) in [5.74, 6) is 2.16. The zero-order valence-corrected chi connectivity index (χ0v) is 8.50. The van der Waals surface area contributed by atoms with Gasteiger partial charge in [0.15, 0.2) is 0 Å². The van der Waals surface area contributed by atoms with Gasteiger partial charge in [-0.15, -0.1) is 0 Å². The molecule has 0 aromatic rings. The zero-order valence-electron chi connectivity index (χ0n) is 7.69. The number of azide groups is 1. The quantitative estimate of drug-likeness (QED) is 0.287. The van der Waals surface area contributed by atoms with Gasteiger partial charge in [-0.3, -0.25) is 0 Å². The van der Waals surface area contributed by atoms with Crippen LogP contribution in [0.4, 0.5) is 0 Å². The fourth-order valence-electron chi connectivity index (χ4n) is 1.27. The standard InChI is InChI=1S/C8H15N3OS/c9-11-10-4-2-6-13-7-8-3-1-5-12-8/h8H,1-7H2. The molecule has 1 aliphatic heterocycles. The van der Waals surface area contributed by atoms with Crippen molar-refractivity contribution >= 4 is 11.8 Å². The first-order chi connectivity index (χ1) is 6.43. The summed E-state index contributed by atoms with van der Waals surface area (Å²) in [6.07, 6.45) is 3.87. The summed E-state index contributed by atoms with van der Waals surface area (Å²) in [6.45, 7) is 1.55. The number of hydrogen-bond acceptors (Lipinski definition) is 3. The molecule has 0 aromatic heterocycles. The smallest absolute Gasteiger partial charge is 0.0666 e. The highest BCUT2D eigenvalue weighted by Crippen LogP contribution is 2.17. The van der Waals surface area contributed by atoms with Gasteiger partial charge < -0.3 is 4.74 Å². The Morgan fingerprint density at radius 3 is 3.23 bits per heavy atom. The van der Waals surface area contributed by atoms with Gasteiger partial charge in [0.2, 0.25) is 0 Å². The molecule has 1 heterocycles. The van der Waals surface area contributed by atoms with Crippen LogP contribution in [-0.4, -0.2) is 30.8 Å². The Labute approximate surface area is 82.7 Å². The van der Waals surface area contributed by atoms with Gasteiger partial charge in [0.25, 0.3) is 0 Å². The topological polar surface area (TPSA) is 58.0 Å². The maximum atomic E-state index is 8.03. The van der Waals surface area contributed by atoms with Gasteiger partial charge in [-0.05, 0) is 30.5 Å². The first-order valence-corrected chi connectivity index (χ1v) is 5.79. The average molecular weight is 201 g/mol. The third kappa shape index (κ3) is 5.03. The van der Waals surface area contributed by atoms with Crippen molar-refractivity contribution < 1.29 is 4.74 Å². The summed E-state index contributed by atoms with van der Waals surface area (Å²) in [4.78, 5) is 2.70. The molecule has 0 N–H and O–H groups in total. The molecule has 0 aromatic carbocycles. The summed E-state index contributed by atoms with van der Waals surface area (Å²) in [5.41, 5.74) is 8.03. The van der Waals surface area contributed by atoms with E-state index in [1.165, 1.54) is 12.8 Å². The Balaban J connectivity index is 1.85. The van der Waals surface area contributed by atoms with Gasteiger partial charge >= 0.3 is 0 Å². The van der Waals surface area contributed by atoms with E-state index < -0.39 is 0 Å². The van der Waals surface area contributed by atoms with E-state index in [0.29, 0.717) is 12.6 Å². The fourth-order valence-corrected chi connectivity index (χ4v) is 2.30. The number of thioether (sulfide) groups is 1. The van der Waals surface area contributed by atoms with Gasteiger partial charge in [-0.1, -0.05) is 5.11 Å². The van der Waals surface area contributed by atoms with E-state index in [9.17, 15) is 0 Å². The van der Waals surface area contributed by atoms with Crippen molar-refractivity contribution in [1.82, 2.24) is 0 Å². The van der Waals surface area contributed by atoms with Crippen LogP contribution < -0.4 is 0 Å². The van der Waals surface area contributed by atoms with Gasteiger partial charge in [0.05, 0.1) is 6.10 Å². The minimum absolute atomic E-state index is 0.476. The van der Waals surface area contributed by atoms with Gasteiger partial charge in [0, 0.05) is 23.8 Å². The predicted molar refractivity (Wildman–Crippen MR) is 54.9 cm³/mol. The molecule has 5 heteroatoms. The maximum Gasteiger partial charge on any atom is 0.0666 e. The van der Waals surface area contributed by atoms with E-state index in [1.54, 1.807) is 0 Å². The van der Waals surface area contributed by atoms with Gasteiger partial charge in [-0.25, -0.2) is 0 Å². The molecule has 0 bridgehead atoms. The van der Waals surface area contributed by atoms with Crippen molar-refractivity contribution in [1.29, 1.82) is 0 Å². The number of nitrogens with zero attached hydrogens (tertiary/aromatic N) is 3. The lowest BCUT2D eigenvalue weighted by Gasteiger charge is -2.07. The second-order valence-electron chi connectivity index (χ2n) is 3.02. The highest BCUT2D eigenvalue weighted by atomic mass is 32.2. The Morgan fingerprint density at radius 1 is 1.62 bits per heavy atom. The molecule has 0 radical (unpaired) electrons. The van der Waals surface area contributed by atoms with Crippen molar-refractivity contribution in [2.75, 3.05) is 24.7 Å². The van der Waals surface area contributed by atoms with Gasteiger partial charge in [-0.2, -0.15) is 11.8 Å². The average Bonchev–Trinajstić information content (AvgIpc) is 2.63. The molecule has 1 fully saturated rings.